The number of aromatic nitrogens is 4. The second-order valence-corrected chi connectivity index (χ2v) is 4.45. The van der Waals surface area contributed by atoms with E-state index in [1.54, 1.807) is 17.2 Å². The summed E-state index contributed by atoms with van der Waals surface area (Å²) in [5, 5.41) is 8.77. The summed E-state index contributed by atoms with van der Waals surface area (Å²) in [6.07, 6.45) is 8.35. The number of hydrogen-bond acceptors (Lipinski definition) is 4. The summed E-state index contributed by atoms with van der Waals surface area (Å²) in [7, 11) is 0. The molecule has 5 heteroatoms. The highest BCUT2D eigenvalue weighted by Crippen LogP contribution is 2.35. The fourth-order valence-corrected chi connectivity index (χ4v) is 2.41. The molecule has 0 saturated heterocycles. The number of nitrogens with zero attached hydrogens (tertiary/aromatic N) is 4. The minimum atomic E-state index is 0.487. The Bertz CT molecular complexity index is 499. The largest absolute Gasteiger partial charge is 0.381 e. The van der Waals surface area contributed by atoms with E-state index in [0.29, 0.717) is 11.7 Å². The van der Waals surface area contributed by atoms with Crippen molar-refractivity contribution in [2.45, 2.75) is 31.6 Å². The first-order chi connectivity index (χ1) is 8.34. The number of anilines is 1. The van der Waals surface area contributed by atoms with Gasteiger partial charge in [-0.3, -0.25) is 4.98 Å². The quantitative estimate of drug-likeness (QED) is 0.853. The van der Waals surface area contributed by atoms with Crippen molar-refractivity contribution in [3.8, 4) is 5.69 Å². The fraction of sp³-hybridized carbons (Fsp3) is 0.417. The molecule has 1 aliphatic carbocycles. The van der Waals surface area contributed by atoms with E-state index in [1.165, 1.54) is 25.7 Å². The van der Waals surface area contributed by atoms with Gasteiger partial charge in [0, 0.05) is 12.1 Å². The van der Waals surface area contributed by atoms with E-state index in [9.17, 15) is 0 Å². The van der Waals surface area contributed by atoms with Crippen molar-refractivity contribution in [2.75, 3.05) is 5.73 Å². The van der Waals surface area contributed by atoms with E-state index in [1.807, 2.05) is 12.1 Å². The third kappa shape index (κ3) is 1.88. The van der Waals surface area contributed by atoms with Gasteiger partial charge in [0.05, 0.1) is 6.20 Å². The molecule has 2 aromatic rings. The molecule has 0 aromatic carbocycles. The smallest absolute Gasteiger partial charge is 0.169 e. The lowest BCUT2D eigenvalue weighted by Gasteiger charge is -2.03. The molecule has 0 spiro atoms. The fourth-order valence-electron chi connectivity index (χ4n) is 2.41. The number of hydrogen-bond donors (Lipinski definition) is 1. The molecule has 2 aromatic heterocycles. The number of pyridine rings is 1. The van der Waals surface area contributed by atoms with E-state index >= 15 is 0 Å². The second-order valence-electron chi connectivity index (χ2n) is 4.45. The van der Waals surface area contributed by atoms with Gasteiger partial charge in [0.2, 0.25) is 0 Å². The van der Waals surface area contributed by atoms with Crippen molar-refractivity contribution in [1.82, 2.24) is 20.0 Å². The lowest BCUT2D eigenvalue weighted by Crippen LogP contribution is -2.00. The predicted octanol–water partition coefficient (Wildman–Crippen LogP) is 1.90. The Kier molecular flexibility index (Phi) is 2.51. The van der Waals surface area contributed by atoms with Crippen LogP contribution in [0.3, 0.4) is 0 Å². The van der Waals surface area contributed by atoms with Crippen LogP contribution < -0.4 is 5.73 Å². The minimum absolute atomic E-state index is 0.487. The molecular weight excluding hydrogens is 214 g/mol. The molecule has 1 aliphatic rings. The lowest BCUT2D eigenvalue weighted by molar-refractivity contribution is 0.666. The van der Waals surface area contributed by atoms with Gasteiger partial charge in [-0.25, -0.2) is 0 Å². The van der Waals surface area contributed by atoms with E-state index in [-0.39, 0.29) is 0 Å². The van der Waals surface area contributed by atoms with Crippen LogP contribution in [0.5, 0.6) is 0 Å². The summed E-state index contributed by atoms with van der Waals surface area (Å²) >= 11 is 0. The summed E-state index contributed by atoms with van der Waals surface area (Å²) in [5.74, 6) is 1.04. The molecule has 1 saturated carbocycles. The zero-order chi connectivity index (χ0) is 11.7. The molecule has 2 N–H and O–H groups in total. The molecule has 0 amide bonds. The maximum atomic E-state index is 5.94. The summed E-state index contributed by atoms with van der Waals surface area (Å²) < 4.78 is 0. The third-order valence-corrected chi connectivity index (χ3v) is 3.29. The van der Waals surface area contributed by atoms with Crippen LogP contribution in [0.25, 0.3) is 5.69 Å². The van der Waals surface area contributed by atoms with Crippen LogP contribution in [-0.2, 0) is 0 Å². The van der Waals surface area contributed by atoms with Crippen LogP contribution in [0.2, 0.25) is 0 Å². The molecule has 2 heterocycles. The van der Waals surface area contributed by atoms with Gasteiger partial charge in [0.15, 0.2) is 5.82 Å². The van der Waals surface area contributed by atoms with Crippen LogP contribution in [-0.4, -0.2) is 20.0 Å². The molecule has 17 heavy (non-hydrogen) atoms. The topological polar surface area (TPSA) is 69.6 Å². The average Bonchev–Trinajstić information content (AvgIpc) is 2.99. The molecule has 0 aliphatic heterocycles. The Hall–Kier alpha value is -1.91. The first kappa shape index (κ1) is 10.3. The maximum Gasteiger partial charge on any atom is 0.169 e. The van der Waals surface area contributed by atoms with Crippen molar-refractivity contribution in [1.29, 1.82) is 0 Å². The van der Waals surface area contributed by atoms with E-state index < -0.39 is 0 Å². The highest BCUT2D eigenvalue weighted by atomic mass is 15.5. The van der Waals surface area contributed by atoms with Crippen LogP contribution in [0.15, 0.2) is 24.5 Å². The van der Waals surface area contributed by atoms with Crippen LogP contribution in [0.4, 0.5) is 5.82 Å². The molecule has 88 valence electrons. The van der Waals surface area contributed by atoms with Gasteiger partial charge in [-0.15, -0.1) is 9.90 Å². The highest BCUT2D eigenvalue weighted by Gasteiger charge is 2.23. The van der Waals surface area contributed by atoms with Gasteiger partial charge in [0.25, 0.3) is 0 Å². The average molecular weight is 229 g/mol. The molecule has 0 radical (unpaired) electrons. The van der Waals surface area contributed by atoms with Crippen LogP contribution in [0.1, 0.15) is 37.3 Å². The summed E-state index contributed by atoms with van der Waals surface area (Å²) in [6, 6.07) is 3.79. The van der Waals surface area contributed by atoms with Gasteiger partial charge in [-0.05, 0) is 25.0 Å². The summed E-state index contributed by atoms with van der Waals surface area (Å²) in [6.45, 7) is 0. The number of rotatable bonds is 2. The monoisotopic (exact) mass is 229 g/mol. The first-order valence-corrected chi connectivity index (χ1v) is 5.98. The van der Waals surface area contributed by atoms with Crippen molar-refractivity contribution in [3.63, 3.8) is 0 Å². The van der Waals surface area contributed by atoms with Crippen LogP contribution >= 0.6 is 0 Å². The standard InChI is InChI=1S/C12H15N5/c13-12-11(9-4-1-2-5-9)15-17(16-12)10-6-3-7-14-8-10/h3,6-9H,1-2,4-5H2,(H2,13,16). The molecule has 0 bridgehead atoms. The Balaban J connectivity index is 1.95. The van der Waals surface area contributed by atoms with Gasteiger partial charge in [-0.1, -0.05) is 12.8 Å². The first-order valence-electron chi connectivity index (χ1n) is 5.98. The Morgan fingerprint density at radius 1 is 1.24 bits per heavy atom. The summed E-state index contributed by atoms with van der Waals surface area (Å²) in [5.41, 5.74) is 7.74. The zero-order valence-corrected chi connectivity index (χ0v) is 9.58. The van der Waals surface area contributed by atoms with Gasteiger partial charge in [-0.2, -0.15) is 5.10 Å². The molecule has 1 fully saturated rings. The third-order valence-electron chi connectivity index (χ3n) is 3.29. The molecule has 5 nitrogen and oxygen atoms in total. The SMILES string of the molecule is Nc1nn(-c2cccnc2)nc1C1CCCC1. The van der Waals surface area contributed by atoms with Gasteiger partial charge >= 0.3 is 0 Å². The van der Waals surface area contributed by atoms with Crippen molar-refractivity contribution in [3.05, 3.63) is 30.2 Å². The molecule has 0 unspecified atom stereocenters. The highest BCUT2D eigenvalue weighted by molar-refractivity contribution is 5.38. The van der Waals surface area contributed by atoms with E-state index in [4.69, 9.17) is 5.73 Å². The Morgan fingerprint density at radius 2 is 2.06 bits per heavy atom. The minimum Gasteiger partial charge on any atom is -0.381 e. The summed E-state index contributed by atoms with van der Waals surface area (Å²) in [4.78, 5) is 5.64. The normalized spacial score (nSPS) is 16.5. The molecule has 3 rings (SSSR count). The van der Waals surface area contributed by atoms with Crippen molar-refractivity contribution < 1.29 is 0 Å². The molecular formula is C12H15N5. The van der Waals surface area contributed by atoms with Crippen LogP contribution in [0, 0.1) is 0 Å². The maximum absolute atomic E-state index is 5.94. The molecule has 0 atom stereocenters. The van der Waals surface area contributed by atoms with Crippen molar-refractivity contribution in [2.24, 2.45) is 0 Å². The zero-order valence-electron chi connectivity index (χ0n) is 9.58. The Morgan fingerprint density at radius 3 is 2.76 bits per heavy atom. The van der Waals surface area contributed by atoms with E-state index in [0.717, 1.165) is 11.4 Å². The second kappa shape index (κ2) is 4.16. The lowest BCUT2D eigenvalue weighted by atomic mass is 10.0. The van der Waals surface area contributed by atoms with Gasteiger partial charge < -0.3 is 5.73 Å². The van der Waals surface area contributed by atoms with E-state index in [2.05, 4.69) is 15.2 Å². The predicted molar refractivity (Wildman–Crippen MR) is 64.8 cm³/mol. The van der Waals surface area contributed by atoms with Gasteiger partial charge in [0.1, 0.15) is 11.4 Å². The van der Waals surface area contributed by atoms with Crippen molar-refractivity contribution >= 4 is 5.82 Å². The Labute approximate surface area is 99.7 Å². The number of nitrogens with two attached hydrogens (primary N) is 1. The number of nitrogen functional groups attached to an aromatic ring is 1.